The summed E-state index contributed by atoms with van der Waals surface area (Å²) in [7, 11) is 0. The van der Waals surface area contributed by atoms with E-state index in [1.54, 1.807) is 0 Å². The van der Waals surface area contributed by atoms with Gasteiger partial charge in [-0.15, -0.1) is 22.6 Å². The Kier molecular flexibility index (Phi) is 5.34. The molecule has 7 nitrogen and oxygen atoms in total. The molecule has 0 saturated carbocycles. The zero-order valence-electron chi connectivity index (χ0n) is 14.2. The summed E-state index contributed by atoms with van der Waals surface area (Å²) in [5, 5.41) is 19.0. The highest BCUT2D eigenvalue weighted by atomic mass is 35.5. The van der Waals surface area contributed by atoms with Crippen LogP contribution in [0.2, 0.25) is 0 Å². The number of hydrogen-bond acceptors (Lipinski definition) is 5. The van der Waals surface area contributed by atoms with Gasteiger partial charge >= 0.3 is 0 Å². The number of aromatic nitrogens is 4. The second-order valence-electron chi connectivity index (χ2n) is 6.88. The molecule has 1 aromatic carbocycles. The van der Waals surface area contributed by atoms with Crippen molar-refractivity contribution in [2.24, 2.45) is 0 Å². The maximum absolute atomic E-state index is 12.2. The van der Waals surface area contributed by atoms with Crippen LogP contribution in [0.25, 0.3) is 11.4 Å². The maximum atomic E-state index is 12.2. The first-order valence-corrected chi connectivity index (χ1v) is 8.56. The SMILES string of the molecule is Cc1ccc(-c2nnn(CC(=O)NC3CC4CCC(C3)N4)n2)cc1.Cl. The lowest BCUT2D eigenvalue weighted by Crippen LogP contribution is -2.48. The number of nitrogens with zero attached hydrogens (tertiary/aromatic N) is 4. The summed E-state index contributed by atoms with van der Waals surface area (Å²) in [5.41, 5.74) is 2.09. The number of hydrogen-bond donors (Lipinski definition) is 2. The van der Waals surface area contributed by atoms with E-state index >= 15 is 0 Å². The fourth-order valence-corrected chi connectivity index (χ4v) is 3.71. The number of fused-ring (bicyclic) bond motifs is 2. The molecule has 2 fully saturated rings. The van der Waals surface area contributed by atoms with Crippen LogP contribution in [0.15, 0.2) is 24.3 Å². The highest BCUT2D eigenvalue weighted by molar-refractivity contribution is 5.85. The Morgan fingerprint density at radius 2 is 1.92 bits per heavy atom. The van der Waals surface area contributed by atoms with Crippen LogP contribution in [0, 0.1) is 6.92 Å². The average molecular weight is 363 g/mol. The summed E-state index contributed by atoms with van der Waals surface area (Å²) in [5.74, 6) is 0.497. The summed E-state index contributed by atoms with van der Waals surface area (Å²) in [4.78, 5) is 13.6. The van der Waals surface area contributed by atoms with E-state index < -0.39 is 0 Å². The van der Waals surface area contributed by atoms with Crippen molar-refractivity contribution in [3.05, 3.63) is 29.8 Å². The monoisotopic (exact) mass is 362 g/mol. The van der Waals surface area contributed by atoms with Crippen LogP contribution in [-0.2, 0) is 11.3 Å². The number of carbonyl (C=O) groups is 1. The number of tetrazole rings is 1. The number of piperidine rings is 1. The van der Waals surface area contributed by atoms with E-state index in [2.05, 4.69) is 26.0 Å². The van der Waals surface area contributed by atoms with Gasteiger partial charge in [0.25, 0.3) is 0 Å². The predicted octanol–water partition coefficient (Wildman–Crippen LogP) is 1.47. The van der Waals surface area contributed by atoms with Crippen molar-refractivity contribution in [3.8, 4) is 11.4 Å². The van der Waals surface area contributed by atoms with Crippen LogP contribution >= 0.6 is 12.4 Å². The third-order valence-electron chi connectivity index (χ3n) is 4.89. The molecule has 2 aromatic rings. The fraction of sp³-hybridized carbons (Fsp3) is 0.529. The molecule has 0 aliphatic carbocycles. The van der Waals surface area contributed by atoms with E-state index in [-0.39, 0.29) is 30.9 Å². The Morgan fingerprint density at radius 3 is 2.60 bits per heavy atom. The largest absolute Gasteiger partial charge is 0.352 e. The summed E-state index contributed by atoms with van der Waals surface area (Å²) in [6, 6.07) is 9.32. The zero-order chi connectivity index (χ0) is 16.5. The third kappa shape index (κ3) is 4.16. The van der Waals surface area contributed by atoms with Gasteiger partial charge < -0.3 is 10.6 Å². The van der Waals surface area contributed by atoms with Gasteiger partial charge in [-0.05, 0) is 37.8 Å². The summed E-state index contributed by atoms with van der Waals surface area (Å²) in [6.07, 6.45) is 4.48. The molecule has 2 atom stereocenters. The maximum Gasteiger partial charge on any atom is 0.243 e. The van der Waals surface area contributed by atoms with Crippen molar-refractivity contribution in [1.82, 2.24) is 30.8 Å². The number of rotatable bonds is 4. The molecule has 3 heterocycles. The molecule has 2 aliphatic rings. The number of carbonyl (C=O) groups excluding carboxylic acids is 1. The number of benzene rings is 1. The smallest absolute Gasteiger partial charge is 0.243 e. The minimum Gasteiger partial charge on any atom is -0.352 e. The Morgan fingerprint density at radius 1 is 1.24 bits per heavy atom. The van der Waals surface area contributed by atoms with Crippen molar-refractivity contribution in [2.45, 2.75) is 57.3 Å². The lowest BCUT2D eigenvalue weighted by atomic mass is 10.00. The molecule has 1 amide bonds. The second-order valence-corrected chi connectivity index (χ2v) is 6.88. The molecule has 2 unspecified atom stereocenters. The van der Waals surface area contributed by atoms with Gasteiger partial charge in [-0.1, -0.05) is 29.8 Å². The van der Waals surface area contributed by atoms with Crippen molar-refractivity contribution in [2.75, 3.05) is 0 Å². The molecule has 2 bridgehead atoms. The molecular weight excluding hydrogens is 340 g/mol. The quantitative estimate of drug-likeness (QED) is 0.860. The molecular formula is C17H23ClN6O. The van der Waals surface area contributed by atoms with E-state index in [0.717, 1.165) is 18.4 Å². The topological polar surface area (TPSA) is 84.7 Å². The average Bonchev–Trinajstić information content (AvgIpc) is 3.14. The van der Waals surface area contributed by atoms with Crippen LogP contribution in [0.5, 0.6) is 0 Å². The molecule has 2 aliphatic heterocycles. The molecule has 0 radical (unpaired) electrons. The van der Waals surface area contributed by atoms with E-state index in [4.69, 9.17) is 0 Å². The van der Waals surface area contributed by atoms with Crippen molar-refractivity contribution < 1.29 is 4.79 Å². The lowest BCUT2D eigenvalue weighted by molar-refractivity contribution is -0.123. The van der Waals surface area contributed by atoms with Crippen LogP contribution in [0.1, 0.15) is 31.2 Å². The number of aryl methyl sites for hydroxylation is 1. The highest BCUT2D eigenvalue weighted by Gasteiger charge is 2.33. The van der Waals surface area contributed by atoms with Crippen LogP contribution < -0.4 is 10.6 Å². The second kappa shape index (κ2) is 7.49. The minimum absolute atomic E-state index is 0. The molecule has 134 valence electrons. The van der Waals surface area contributed by atoms with Gasteiger partial charge in [0.15, 0.2) is 0 Å². The summed E-state index contributed by atoms with van der Waals surface area (Å²) >= 11 is 0. The Balaban J connectivity index is 0.00000182. The molecule has 2 N–H and O–H groups in total. The normalized spacial score (nSPS) is 24.6. The van der Waals surface area contributed by atoms with Gasteiger partial charge in [0.1, 0.15) is 6.54 Å². The van der Waals surface area contributed by atoms with Crippen LogP contribution in [0.3, 0.4) is 0 Å². The first-order chi connectivity index (χ1) is 11.7. The lowest BCUT2D eigenvalue weighted by Gasteiger charge is -2.29. The third-order valence-corrected chi connectivity index (χ3v) is 4.89. The predicted molar refractivity (Wildman–Crippen MR) is 96.3 cm³/mol. The summed E-state index contributed by atoms with van der Waals surface area (Å²) in [6.45, 7) is 2.14. The Hall–Kier alpha value is -1.99. The van der Waals surface area contributed by atoms with Crippen molar-refractivity contribution in [1.29, 1.82) is 0 Å². The fourth-order valence-electron chi connectivity index (χ4n) is 3.71. The van der Waals surface area contributed by atoms with Crippen molar-refractivity contribution >= 4 is 18.3 Å². The standard InChI is InChI=1S/C17H22N6O.ClH/c1-11-2-4-12(5-3-11)17-20-22-23(21-17)10-16(24)19-15-8-13-6-7-14(9-15)18-13;/h2-5,13-15,18H,6-10H2,1H3,(H,19,24);1H. The molecule has 8 heteroatoms. The van der Waals surface area contributed by atoms with Gasteiger partial charge in [-0.2, -0.15) is 4.80 Å². The van der Waals surface area contributed by atoms with E-state index in [1.165, 1.54) is 23.2 Å². The van der Waals surface area contributed by atoms with Crippen LogP contribution in [0.4, 0.5) is 0 Å². The molecule has 2 saturated heterocycles. The van der Waals surface area contributed by atoms with E-state index in [9.17, 15) is 4.79 Å². The summed E-state index contributed by atoms with van der Waals surface area (Å²) < 4.78 is 0. The van der Waals surface area contributed by atoms with Gasteiger partial charge in [0.2, 0.25) is 11.7 Å². The van der Waals surface area contributed by atoms with Gasteiger partial charge in [0.05, 0.1) is 0 Å². The van der Waals surface area contributed by atoms with Crippen LogP contribution in [-0.4, -0.2) is 44.2 Å². The Labute approximate surface area is 153 Å². The first kappa shape index (κ1) is 17.8. The van der Waals surface area contributed by atoms with E-state index in [0.29, 0.717) is 17.9 Å². The zero-order valence-corrected chi connectivity index (χ0v) is 15.0. The van der Waals surface area contributed by atoms with Gasteiger partial charge in [-0.25, -0.2) is 0 Å². The highest BCUT2D eigenvalue weighted by Crippen LogP contribution is 2.26. The van der Waals surface area contributed by atoms with E-state index in [1.807, 2.05) is 31.2 Å². The van der Waals surface area contributed by atoms with Gasteiger partial charge in [0, 0.05) is 23.7 Å². The van der Waals surface area contributed by atoms with Gasteiger partial charge in [-0.3, -0.25) is 4.79 Å². The Bertz CT molecular complexity index is 719. The molecule has 0 spiro atoms. The van der Waals surface area contributed by atoms with Crippen molar-refractivity contribution in [3.63, 3.8) is 0 Å². The molecule has 1 aromatic heterocycles. The first-order valence-electron chi connectivity index (χ1n) is 8.56. The minimum atomic E-state index is -0.0471. The number of halogens is 1. The molecule has 25 heavy (non-hydrogen) atoms. The number of amides is 1. The number of nitrogens with one attached hydrogen (secondary N) is 2. The molecule has 4 rings (SSSR count).